The first-order valence-corrected chi connectivity index (χ1v) is 19.2. The summed E-state index contributed by atoms with van der Waals surface area (Å²) in [5.74, 6) is -0.217. The first-order chi connectivity index (χ1) is 24.3. The van der Waals surface area contributed by atoms with Crippen LogP contribution >= 0.6 is 0 Å². The molecule has 1 aliphatic heterocycles. The molecule has 0 aliphatic carbocycles. The predicted molar refractivity (Wildman–Crippen MR) is 202 cm³/mol. The molecule has 1 saturated heterocycles. The van der Waals surface area contributed by atoms with Crippen LogP contribution in [-0.4, -0.2) is 87.5 Å². The van der Waals surface area contributed by atoms with Crippen molar-refractivity contribution < 1.29 is 39.8 Å². The Balaban J connectivity index is 2.43. The number of hydrogen-bond donors (Lipinski definition) is 6. The Labute approximate surface area is 302 Å². The van der Waals surface area contributed by atoms with E-state index in [9.17, 15) is 30.3 Å². The van der Waals surface area contributed by atoms with Crippen molar-refractivity contribution in [2.24, 2.45) is 0 Å². The van der Waals surface area contributed by atoms with Gasteiger partial charge in [0.1, 0.15) is 24.4 Å². The summed E-state index contributed by atoms with van der Waals surface area (Å²) < 4.78 is 11.1. The van der Waals surface area contributed by atoms with Gasteiger partial charge in [0, 0.05) is 6.42 Å². The average Bonchev–Trinajstić information content (AvgIpc) is 3.11. The van der Waals surface area contributed by atoms with E-state index >= 15 is 0 Å². The van der Waals surface area contributed by atoms with E-state index in [4.69, 9.17) is 9.47 Å². The summed E-state index contributed by atoms with van der Waals surface area (Å²) in [6.07, 6.45) is 33.8. The van der Waals surface area contributed by atoms with Gasteiger partial charge in [-0.3, -0.25) is 4.79 Å². The van der Waals surface area contributed by atoms with Crippen LogP contribution in [0.15, 0.2) is 72.9 Å². The van der Waals surface area contributed by atoms with E-state index in [0.29, 0.717) is 12.8 Å². The molecule has 286 valence electrons. The minimum atomic E-state index is -1.57. The van der Waals surface area contributed by atoms with Crippen LogP contribution in [-0.2, 0) is 14.3 Å². The SMILES string of the molecule is CC/C=C\C/C=C\C/C=C\C/C=C\C/C=C\CCCCCC(=O)NC(COC1OC(CO)C(O)C(O)C1O)C(O)/C=C/CCCCCCCC. The van der Waals surface area contributed by atoms with E-state index < -0.39 is 49.5 Å². The topological polar surface area (TPSA) is 149 Å². The summed E-state index contributed by atoms with van der Waals surface area (Å²) >= 11 is 0. The van der Waals surface area contributed by atoms with Gasteiger partial charge in [-0.1, -0.05) is 125 Å². The van der Waals surface area contributed by atoms with Crippen LogP contribution < -0.4 is 5.32 Å². The van der Waals surface area contributed by atoms with Gasteiger partial charge >= 0.3 is 0 Å². The minimum absolute atomic E-state index is 0.207. The lowest BCUT2D eigenvalue weighted by Gasteiger charge is -2.40. The molecule has 7 atom stereocenters. The molecular weight excluding hydrogens is 634 g/mol. The predicted octanol–water partition coefficient (Wildman–Crippen LogP) is 6.66. The van der Waals surface area contributed by atoms with Gasteiger partial charge in [-0.05, 0) is 64.2 Å². The van der Waals surface area contributed by atoms with Crippen LogP contribution in [0.25, 0.3) is 0 Å². The lowest BCUT2D eigenvalue weighted by atomic mass is 9.99. The summed E-state index contributed by atoms with van der Waals surface area (Å²) in [5.41, 5.74) is 0. The number of hydrogen-bond acceptors (Lipinski definition) is 8. The zero-order valence-electron chi connectivity index (χ0n) is 30.9. The number of carbonyl (C=O) groups excluding carboxylic acids is 1. The van der Waals surface area contributed by atoms with Crippen LogP contribution in [0.5, 0.6) is 0 Å². The number of carbonyl (C=O) groups is 1. The molecule has 50 heavy (non-hydrogen) atoms. The van der Waals surface area contributed by atoms with Crippen LogP contribution in [0.1, 0.15) is 123 Å². The van der Waals surface area contributed by atoms with E-state index in [1.54, 1.807) is 6.08 Å². The van der Waals surface area contributed by atoms with Crippen molar-refractivity contribution in [3.8, 4) is 0 Å². The van der Waals surface area contributed by atoms with Gasteiger partial charge in [0.05, 0.1) is 25.4 Å². The maximum absolute atomic E-state index is 12.8. The smallest absolute Gasteiger partial charge is 0.220 e. The van der Waals surface area contributed by atoms with Gasteiger partial charge in [-0.2, -0.15) is 0 Å². The van der Waals surface area contributed by atoms with Crippen molar-refractivity contribution >= 4 is 5.91 Å². The van der Waals surface area contributed by atoms with Crippen LogP contribution in [0.3, 0.4) is 0 Å². The number of aliphatic hydroxyl groups is 5. The van der Waals surface area contributed by atoms with Crippen molar-refractivity contribution in [3.05, 3.63) is 72.9 Å². The molecule has 1 aliphatic rings. The van der Waals surface area contributed by atoms with E-state index in [1.807, 2.05) is 6.08 Å². The highest BCUT2D eigenvalue weighted by Crippen LogP contribution is 2.22. The molecular formula is C41H69NO8. The van der Waals surface area contributed by atoms with Crippen molar-refractivity contribution in [2.75, 3.05) is 13.2 Å². The number of unbranched alkanes of at least 4 members (excludes halogenated alkanes) is 9. The zero-order chi connectivity index (χ0) is 36.7. The van der Waals surface area contributed by atoms with Crippen molar-refractivity contribution in [3.63, 3.8) is 0 Å². The molecule has 1 heterocycles. The van der Waals surface area contributed by atoms with Gasteiger partial charge in [0.25, 0.3) is 0 Å². The lowest BCUT2D eigenvalue weighted by molar-refractivity contribution is -0.302. The molecule has 0 aromatic rings. The largest absolute Gasteiger partial charge is 0.394 e. The van der Waals surface area contributed by atoms with Gasteiger partial charge in [-0.25, -0.2) is 0 Å². The van der Waals surface area contributed by atoms with E-state index in [0.717, 1.165) is 70.6 Å². The summed E-state index contributed by atoms with van der Waals surface area (Å²) in [6.45, 7) is 3.55. The highest BCUT2D eigenvalue weighted by Gasteiger charge is 2.44. The Morgan fingerprint density at radius 2 is 1.24 bits per heavy atom. The minimum Gasteiger partial charge on any atom is -0.394 e. The summed E-state index contributed by atoms with van der Waals surface area (Å²) in [6, 6.07) is -0.822. The molecule has 1 fully saturated rings. The van der Waals surface area contributed by atoms with Gasteiger partial charge in [-0.15, -0.1) is 0 Å². The fourth-order valence-corrected chi connectivity index (χ4v) is 5.41. The molecule has 0 radical (unpaired) electrons. The Morgan fingerprint density at radius 1 is 0.700 bits per heavy atom. The zero-order valence-corrected chi connectivity index (χ0v) is 30.9. The first-order valence-electron chi connectivity index (χ1n) is 19.2. The monoisotopic (exact) mass is 704 g/mol. The van der Waals surface area contributed by atoms with Crippen LogP contribution in [0.4, 0.5) is 0 Å². The molecule has 0 bridgehead atoms. The highest BCUT2D eigenvalue weighted by molar-refractivity contribution is 5.76. The molecule has 0 aromatic heterocycles. The van der Waals surface area contributed by atoms with Crippen LogP contribution in [0, 0.1) is 0 Å². The normalized spacial score (nSPS) is 23.1. The number of rotatable bonds is 29. The molecule has 9 nitrogen and oxygen atoms in total. The fourth-order valence-electron chi connectivity index (χ4n) is 5.41. The van der Waals surface area contributed by atoms with E-state index in [1.165, 1.54) is 25.7 Å². The lowest BCUT2D eigenvalue weighted by Crippen LogP contribution is -2.60. The Bertz CT molecular complexity index is 1000. The second-order valence-electron chi connectivity index (χ2n) is 13.0. The van der Waals surface area contributed by atoms with Crippen molar-refractivity contribution in [2.45, 2.75) is 166 Å². The molecule has 7 unspecified atom stereocenters. The molecule has 0 saturated carbocycles. The van der Waals surface area contributed by atoms with E-state index in [-0.39, 0.29) is 12.5 Å². The van der Waals surface area contributed by atoms with Crippen molar-refractivity contribution in [1.29, 1.82) is 0 Å². The number of nitrogens with one attached hydrogen (secondary N) is 1. The third kappa shape index (κ3) is 22.4. The molecule has 0 aromatic carbocycles. The maximum Gasteiger partial charge on any atom is 0.220 e. The molecule has 0 spiro atoms. The highest BCUT2D eigenvalue weighted by atomic mass is 16.7. The van der Waals surface area contributed by atoms with Gasteiger partial charge in [0.2, 0.25) is 5.91 Å². The average molecular weight is 704 g/mol. The standard InChI is InChI=1S/C41H69NO8/c1-3-5-7-9-11-13-14-15-16-17-18-19-20-21-22-23-25-27-29-31-37(45)42-34(35(44)30-28-26-24-12-10-8-6-4-2)33-49-41-40(48)39(47)38(46)36(32-43)50-41/h5,7,11,13,15-16,18-19,21-22,28,30,34-36,38-41,43-44,46-48H,3-4,6,8-10,12,14,17,20,23-27,29,31-33H2,1-2H3,(H,42,45)/b7-5-,13-11-,16-15-,19-18-,22-21-,30-28+. The number of aliphatic hydroxyl groups excluding tert-OH is 5. The molecule has 6 N–H and O–H groups in total. The Morgan fingerprint density at radius 3 is 1.84 bits per heavy atom. The fraction of sp³-hybridized carbons (Fsp3) is 0.683. The van der Waals surface area contributed by atoms with Crippen molar-refractivity contribution in [1.82, 2.24) is 5.32 Å². The maximum atomic E-state index is 12.8. The quantitative estimate of drug-likeness (QED) is 0.0375. The molecule has 1 amide bonds. The number of ether oxygens (including phenoxy) is 2. The summed E-state index contributed by atoms with van der Waals surface area (Å²) in [7, 11) is 0. The third-order valence-electron chi connectivity index (χ3n) is 8.54. The Hall–Kier alpha value is -2.37. The summed E-state index contributed by atoms with van der Waals surface area (Å²) in [5, 5.41) is 53.7. The molecule has 9 heteroatoms. The second kappa shape index (κ2) is 31.4. The van der Waals surface area contributed by atoms with E-state index in [2.05, 4.69) is 79.9 Å². The third-order valence-corrected chi connectivity index (χ3v) is 8.54. The first kappa shape index (κ1) is 45.7. The number of amides is 1. The van der Waals surface area contributed by atoms with Crippen LogP contribution in [0.2, 0.25) is 0 Å². The van der Waals surface area contributed by atoms with Gasteiger partial charge < -0.3 is 40.3 Å². The number of allylic oxidation sites excluding steroid dienone is 11. The summed E-state index contributed by atoms with van der Waals surface area (Å²) in [4.78, 5) is 12.8. The second-order valence-corrected chi connectivity index (χ2v) is 13.0. The Kier molecular flexibility index (Phi) is 28.6. The van der Waals surface area contributed by atoms with Gasteiger partial charge in [0.15, 0.2) is 6.29 Å². The molecule has 1 rings (SSSR count).